The van der Waals surface area contributed by atoms with Crippen molar-refractivity contribution >= 4 is 23.3 Å². The fourth-order valence-electron chi connectivity index (χ4n) is 2.66. The molecule has 0 saturated carbocycles. The minimum Gasteiger partial charge on any atom is -0.462 e. The Labute approximate surface area is 161 Å². The number of ether oxygens (including phenoxy) is 1. The first kappa shape index (κ1) is 21.0. The second-order valence-electron chi connectivity index (χ2n) is 6.09. The number of halogens is 1. The quantitative estimate of drug-likeness (QED) is 0.299. The molecule has 8 heteroatoms. The lowest BCUT2D eigenvalue weighted by Gasteiger charge is -2.08. The maximum absolute atomic E-state index is 13.1. The summed E-state index contributed by atoms with van der Waals surface area (Å²) < 4.78 is 18.0. The van der Waals surface area contributed by atoms with E-state index in [9.17, 15) is 24.1 Å². The normalized spacial score (nSPS) is 10.4. The molecular formula is C20H21FN2O5. The minimum atomic E-state index is -0.630. The van der Waals surface area contributed by atoms with Crippen LogP contribution in [-0.2, 0) is 16.0 Å². The fraction of sp³-hybridized carbons (Fsp3) is 0.300. The van der Waals surface area contributed by atoms with Crippen molar-refractivity contribution in [1.29, 1.82) is 0 Å². The number of unbranched alkanes of at least 4 members (excludes halogenated alkanes) is 1. The number of nitrogens with one attached hydrogen (secondary N) is 1. The Morgan fingerprint density at radius 2 is 1.96 bits per heavy atom. The minimum absolute atomic E-state index is 0.0503. The fourth-order valence-corrected chi connectivity index (χ4v) is 2.66. The van der Waals surface area contributed by atoms with Crippen LogP contribution in [0.4, 0.5) is 15.8 Å². The van der Waals surface area contributed by atoms with Crippen molar-refractivity contribution in [3.63, 3.8) is 0 Å². The van der Waals surface area contributed by atoms with Gasteiger partial charge >= 0.3 is 5.97 Å². The molecule has 0 atom stereocenters. The first-order valence-electron chi connectivity index (χ1n) is 8.90. The average molecular weight is 388 g/mol. The number of benzene rings is 2. The lowest BCUT2D eigenvalue weighted by Crippen LogP contribution is -2.14. The summed E-state index contributed by atoms with van der Waals surface area (Å²) in [5.74, 6) is -1.32. The van der Waals surface area contributed by atoms with Crippen LogP contribution in [0.1, 0.15) is 42.1 Å². The van der Waals surface area contributed by atoms with Gasteiger partial charge in [0, 0.05) is 12.5 Å². The molecule has 0 unspecified atom stereocenters. The Hall–Kier alpha value is -3.29. The van der Waals surface area contributed by atoms with E-state index in [-0.39, 0.29) is 35.8 Å². The van der Waals surface area contributed by atoms with Gasteiger partial charge in [-0.15, -0.1) is 0 Å². The van der Waals surface area contributed by atoms with Crippen molar-refractivity contribution in [1.82, 2.24) is 0 Å². The molecule has 0 heterocycles. The Morgan fingerprint density at radius 1 is 1.18 bits per heavy atom. The molecule has 0 saturated heterocycles. The smallest absolute Gasteiger partial charge is 0.338 e. The number of nitro groups is 1. The van der Waals surface area contributed by atoms with Crippen LogP contribution in [0.15, 0.2) is 42.5 Å². The van der Waals surface area contributed by atoms with Gasteiger partial charge in [-0.05, 0) is 56.0 Å². The number of rotatable bonds is 9. The molecule has 0 spiro atoms. The van der Waals surface area contributed by atoms with Gasteiger partial charge in [0.25, 0.3) is 5.69 Å². The summed E-state index contributed by atoms with van der Waals surface area (Å²) >= 11 is 0. The first-order valence-corrected chi connectivity index (χ1v) is 8.90. The van der Waals surface area contributed by atoms with Crippen LogP contribution < -0.4 is 5.32 Å². The Bertz CT molecular complexity index is 869. The van der Waals surface area contributed by atoms with Crippen LogP contribution >= 0.6 is 0 Å². The lowest BCUT2D eigenvalue weighted by molar-refractivity contribution is -0.383. The summed E-state index contributed by atoms with van der Waals surface area (Å²) in [5, 5.41) is 13.7. The van der Waals surface area contributed by atoms with Gasteiger partial charge in [-0.25, -0.2) is 9.18 Å². The summed E-state index contributed by atoms with van der Waals surface area (Å²) in [5.41, 5.74) is 0.610. The standard InChI is InChI=1S/C20H21FN2O5/c1-2-28-20(25)15-10-11-18(23(26)27)17(13-15)22-19(24)9-4-3-6-14-7-5-8-16(21)12-14/h5,7-8,10-13H,2-4,6,9H2,1H3,(H,22,24). The Morgan fingerprint density at radius 3 is 2.64 bits per heavy atom. The van der Waals surface area contributed by atoms with Gasteiger partial charge in [0.2, 0.25) is 5.91 Å². The van der Waals surface area contributed by atoms with Gasteiger partial charge in [0.1, 0.15) is 11.5 Å². The number of anilines is 1. The van der Waals surface area contributed by atoms with Crippen LogP contribution in [0.2, 0.25) is 0 Å². The maximum atomic E-state index is 13.1. The monoisotopic (exact) mass is 388 g/mol. The molecule has 0 bridgehead atoms. The summed E-state index contributed by atoms with van der Waals surface area (Å²) in [6, 6.07) is 9.94. The van der Waals surface area contributed by atoms with Gasteiger partial charge < -0.3 is 10.1 Å². The lowest BCUT2D eigenvalue weighted by atomic mass is 10.1. The third-order valence-corrected chi connectivity index (χ3v) is 3.99. The van der Waals surface area contributed by atoms with Gasteiger partial charge in [-0.2, -0.15) is 0 Å². The zero-order valence-electron chi connectivity index (χ0n) is 15.4. The SMILES string of the molecule is CCOC(=O)c1ccc([N+](=O)[O-])c(NC(=O)CCCCc2cccc(F)c2)c1. The largest absolute Gasteiger partial charge is 0.462 e. The molecule has 0 aliphatic heterocycles. The van der Waals surface area contributed by atoms with E-state index in [0.717, 1.165) is 11.6 Å². The highest BCUT2D eigenvalue weighted by molar-refractivity contribution is 5.96. The molecule has 1 N–H and O–H groups in total. The van der Waals surface area contributed by atoms with E-state index in [0.29, 0.717) is 19.3 Å². The van der Waals surface area contributed by atoms with Gasteiger partial charge in [-0.3, -0.25) is 14.9 Å². The van der Waals surface area contributed by atoms with Crippen molar-refractivity contribution in [3.05, 3.63) is 69.5 Å². The van der Waals surface area contributed by atoms with Crippen molar-refractivity contribution in [2.24, 2.45) is 0 Å². The molecule has 0 aliphatic carbocycles. The number of nitrogens with zero attached hydrogens (tertiary/aromatic N) is 1. The van der Waals surface area contributed by atoms with Crippen LogP contribution in [-0.4, -0.2) is 23.4 Å². The molecule has 0 radical (unpaired) electrons. The number of hydrogen-bond acceptors (Lipinski definition) is 5. The number of amides is 1. The zero-order chi connectivity index (χ0) is 20.5. The number of aryl methyl sites for hydroxylation is 1. The second-order valence-corrected chi connectivity index (χ2v) is 6.09. The van der Waals surface area contributed by atoms with E-state index in [1.54, 1.807) is 13.0 Å². The number of esters is 1. The molecule has 0 aliphatic rings. The van der Waals surface area contributed by atoms with Crippen LogP contribution in [0, 0.1) is 15.9 Å². The van der Waals surface area contributed by atoms with E-state index in [2.05, 4.69) is 5.32 Å². The van der Waals surface area contributed by atoms with Crippen molar-refractivity contribution in [2.75, 3.05) is 11.9 Å². The molecule has 1 amide bonds. The Balaban J connectivity index is 1.94. The zero-order valence-corrected chi connectivity index (χ0v) is 15.4. The van der Waals surface area contributed by atoms with Crippen molar-refractivity contribution in [2.45, 2.75) is 32.6 Å². The third kappa shape index (κ3) is 6.15. The van der Waals surface area contributed by atoms with Crippen molar-refractivity contribution in [3.8, 4) is 0 Å². The maximum Gasteiger partial charge on any atom is 0.338 e. The van der Waals surface area contributed by atoms with E-state index in [1.807, 2.05) is 6.07 Å². The molecule has 2 rings (SSSR count). The molecule has 0 fully saturated rings. The topological polar surface area (TPSA) is 98.5 Å². The summed E-state index contributed by atoms with van der Waals surface area (Å²) in [4.78, 5) is 34.5. The van der Waals surface area contributed by atoms with Crippen LogP contribution in [0.25, 0.3) is 0 Å². The molecular weight excluding hydrogens is 367 g/mol. The summed E-state index contributed by atoms with van der Waals surface area (Å²) in [6.07, 6.45) is 1.98. The number of hydrogen-bond donors (Lipinski definition) is 1. The molecule has 7 nitrogen and oxygen atoms in total. The molecule has 2 aromatic rings. The molecule has 2 aromatic carbocycles. The highest BCUT2D eigenvalue weighted by Crippen LogP contribution is 2.26. The van der Waals surface area contributed by atoms with E-state index >= 15 is 0 Å². The summed E-state index contributed by atoms with van der Waals surface area (Å²) in [6.45, 7) is 1.82. The number of nitro benzene ring substituents is 1. The highest BCUT2D eigenvalue weighted by Gasteiger charge is 2.19. The number of carbonyl (C=O) groups is 2. The predicted octanol–water partition coefficient (Wildman–Crippen LogP) is 4.26. The summed E-state index contributed by atoms with van der Waals surface area (Å²) in [7, 11) is 0. The second kappa shape index (κ2) is 10.1. The van der Waals surface area contributed by atoms with E-state index < -0.39 is 16.8 Å². The van der Waals surface area contributed by atoms with E-state index in [4.69, 9.17) is 4.74 Å². The van der Waals surface area contributed by atoms with Crippen molar-refractivity contribution < 1.29 is 23.6 Å². The van der Waals surface area contributed by atoms with Gasteiger partial charge in [0.15, 0.2) is 0 Å². The molecule has 28 heavy (non-hydrogen) atoms. The number of carbonyl (C=O) groups excluding carboxylic acids is 2. The Kier molecular flexibility index (Phi) is 7.62. The average Bonchev–Trinajstić information content (AvgIpc) is 2.65. The molecule has 148 valence electrons. The van der Waals surface area contributed by atoms with E-state index in [1.165, 1.54) is 24.3 Å². The van der Waals surface area contributed by atoms with Crippen LogP contribution in [0.5, 0.6) is 0 Å². The third-order valence-electron chi connectivity index (χ3n) is 3.99. The van der Waals surface area contributed by atoms with Gasteiger partial charge in [0.05, 0.1) is 17.1 Å². The first-order chi connectivity index (χ1) is 13.4. The van der Waals surface area contributed by atoms with Gasteiger partial charge in [-0.1, -0.05) is 12.1 Å². The highest BCUT2D eigenvalue weighted by atomic mass is 19.1. The predicted molar refractivity (Wildman–Crippen MR) is 102 cm³/mol. The molecule has 0 aromatic heterocycles. The van der Waals surface area contributed by atoms with Crippen LogP contribution in [0.3, 0.4) is 0 Å².